The average molecular weight is 332 g/mol. The third-order valence-corrected chi connectivity index (χ3v) is 4.39. The monoisotopic (exact) mass is 331 g/mol. The second-order valence-corrected chi connectivity index (χ2v) is 6.62. The topological polar surface area (TPSA) is 29.5 Å². The van der Waals surface area contributed by atoms with Crippen LogP contribution in [0.15, 0.2) is 24.6 Å². The van der Waals surface area contributed by atoms with Gasteiger partial charge < -0.3 is 4.84 Å². The Labute approximate surface area is 148 Å². The van der Waals surface area contributed by atoms with Crippen LogP contribution in [0.2, 0.25) is 0 Å². The zero-order chi connectivity index (χ0) is 17.6. The first-order chi connectivity index (χ1) is 11.6. The van der Waals surface area contributed by atoms with E-state index in [0.717, 1.165) is 25.0 Å². The van der Waals surface area contributed by atoms with Crippen LogP contribution < -0.4 is 0 Å². The van der Waals surface area contributed by atoms with Crippen LogP contribution in [0.1, 0.15) is 89.9 Å². The molecule has 1 rings (SSSR count). The van der Waals surface area contributed by atoms with Crippen molar-refractivity contribution in [3.05, 3.63) is 24.6 Å². The summed E-state index contributed by atoms with van der Waals surface area (Å²) in [5, 5.41) is 1.31. The van der Waals surface area contributed by atoms with Crippen molar-refractivity contribution in [2.75, 3.05) is 0 Å². The molecule has 3 nitrogen and oxygen atoms in total. The van der Waals surface area contributed by atoms with Gasteiger partial charge >= 0.3 is 0 Å². The minimum atomic E-state index is -0.0135. The van der Waals surface area contributed by atoms with E-state index in [0.29, 0.717) is 18.6 Å². The number of nitrogens with zero attached hydrogens (tertiary/aromatic N) is 1. The van der Waals surface area contributed by atoms with Crippen LogP contribution in [0, 0.1) is 12.3 Å². The molecule has 0 aliphatic carbocycles. The van der Waals surface area contributed by atoms with Crippen LogP contribution in [-0.2, 0) is 9.63 Å². The Morgan fingerprint density at radius 3 is 2.04 bits per heavy atom. The van der Waals surface area contributed by atoms with E-state index < -0.39 is 0 Å². The van der Waals surface area contributed by atoms with Crippen molar-refractivity contribution < 1.29 is 9.63 Å². The molecular formula is C21H33NO2. The molecule has 0 aromatic heterocycles. The molecule has 1 aliphatic heterocycles. The zero-order valence-electron chi connectivity index (χ0n) is 15.2. The molecule has 134 valence electrons. The second kappa shape index (κ2) is 12.7. The summed E-state index contributed by atoms with van der Waals surface area (Å²) in [6.45, 7) is 7.74. The van der Waals surface area contributed by atoms with Gasteiger partial charge in [-0.2, -0.15) is 0 Å². The minimum absolute atomic E-state index is 0.0135. The summed E-state index contributed by atoms with van der Waals surface area (Å²) in [5.41, 5.74) is 0.737. The number of amides is 1. The molecule has 0 aromatic rings. The van der Waals surface area contributed by atoms with Crippen molar-refractivity contribution in [3.8, 4) is 12.3 Å². The maximum atomic E-state index is 11.6. The van der Waals surface area contributed by atoms with Crippen molar-refractivity contribution in [1.29, 1.82) is 0 Å². The first kappa shape index (κ1) is 20.4. The van der Waals surface area contributed by atoms with E-state index >= 15 is 0 Å². The second-order valence-electron chi connectivity index (χ2n) is 6.62. The molecule has 1 heterocycles. The maximum absolute atomic E-state index is 11.6. The molecular weight excluding hydrogens is 298 g/mol. The van der Waals surface area contributed by atoms with E-state index in [9.17, 15) is 4.79 Å². The number of carbonyl (C=O) groups is 1. The smallest absolute Gasteiger partial charge is 0.260 e. The molecule has 1 saturated heterocycles. The van der Waals surface area contributed by atoms with E-state index in [-0.39, 0.29) is 5.91 Å². The molecule has 0 aromatic carbocycles. The highest BCUT2D eigenvalue weighted by molar-refractivity contribution is 5.79. The minimum Gasteiger partial charge on any atom is -0.377 e. The largest absolute Gasteiger partial charge is 0.377 e. The fourth-order valence-corrected chi connectivity index (χ4v) is 2.88. The molecule has 0 atom stereocenters. The van der Waals surface area contributed by atoms with Gasteiger partial charge in [-0.3, -0.25) is 4.79 Å². The molecule has 0 spiro atoms. The van der Waals surface area contributed by atoms with Gasteiger partial charge in [-0.25, -0.2) is 0 Å². The summed E-state index contributed by atoms with van der Waals surface area (Å²) in [4.78, 5) is 17.1. The standard InChI is InChI=1S/C21H33NO2/c1-4-5-6-7-8-9-10-11-12-13-14-15-16-20(3)24-22-19(2)17-18-21(22)23/h1H,2-3,5-18H2. The Morgan fingerprint density at radius 1 is 1.00 bits per heavy atom. The quantitative estimate of drug-likeness (QED) is 0.226. The van der Waals surface area contributed by atoms with Gasteiger partial charge in [-0.05, 0) is 19.3 Å². The Morgan fingerprint density at radius 2 is 1.54 bits per heavy atom. The van der Waals surface area contributed by atoms with E-state index in [1.165, 1.54) is 62.9 Å². The molecule has 3 heteroatoms. The van der Waals surface area contributed by atoms with Gasteiger partial charge in [0.1, 0.15) is 5.76 Å². The van der Waals surface area contributed by atoms with E-state index in [4.69, 9.17) is 11.3 Å². The molecule has 1 fully saturated rings. The van der Waals surface area contributed by atoms with Crippen LogP contribution in [0.3, 0.4) is 0 Å². The Bertz CT molecular complexity index is 431. The van der Waals surface area contributed by atoms with Crippen molar-refractivity contribution in [2.24, 2.45) is 0 Å². The Balaban J connectivity index is 1.88. The lowest BCUT2D eigenvalue weighted by atomic mass is 10.1. The lowest BCUT2D eigenvalue weighted by Crippen LogP contribution is -2.22. The van der Waals surface area contributed by atoms with Gasteiger partial charge in [0.25, 0.3) is 5.91 Å². The first-order valence-corrected chi connectivity index (χ1v) is 9.45. The molecule has 0 radical (unpaired) electrons. The van der Waals surface area contributed by atoms with Crippen molar-refractivity contribution in [2.45, 2.75) is 89.9 Å². The van der Waals surface area contributed by atoms with Crippen LogP contribution in [0.5, 0.6) is 0 Å². The molecule has 0 unspecified atom stereocenters. The lowest BCUT2D eigenvalue weighted by molar-refractivity contribution is -0.157. The number of terminal acetylenes is 1. The number of hydroxylamine groups is 2. The Hall–Kier alpha value is -1.69. The van der Waals surface area contributed by atoms with Crippen LogP contribution >= 0.6 is 0 Å². The predicted octanol–water partition coefficient (Wildman–Crippen LogP) is 5.88. The zero-order valence-corrected chi connectivity index (χ0v) is 15.2. The van der Waals surface area contributed by atoms with E-state index in [1.54, 1.807) is 0 Å². The first-order valence-electron chi connectivity index (χ1n) is 9.45. The number of hydrogen-bond donors (Lipinski definition) is 0. The van der Waals surface area contributed by atoms with Gasteiger partial charge in [0.2, 0.25) is 0 Å². The molecule has 1 amide bonds. The highest BCUT2D eigenvalue weighted by Crippen LogP contribution is 2.24. The highest BCUT2D eigenvalue weighted by Gasteiger charge is 2.26. The molecule has 0 bridgehead atoms. The fraction of sp³-hybridized carbons (Fsp3) is 0.667. The molecule has 1 aliphatic rings. The van der Waals surface area contributed by atoms with Gasteiger partial charge in [-0.1, -0.05) is 64.5 Å². The number of unbranched alkanes of at least 4 members (excludes halogenated alkanes) is 10. The molecule has 0 saturated carbocycles. The summed E-state index contributed by atoms with van der Waals surface area (Å²) in [6.07, 6.45) is 20.8. The summed E-state index contributed by atoms with van der Waals surface area (Å²) < 4.78 is 0. The van der Waals surface area contributed by atoms with Crippen LogP contribution in [0.4, 0.5) is 0 Å². The Kier molecular flexibility index (Phi) is 10.8. The van der Waals surface area contributed by atoms with Gasteiger partial charge in [0.05, 0.1) is 5.70 Å². The van der Waals surface area contributed by atoms with Gasteiger partial charge in [0.15, 0.2) is 0 Å². The average Bonchev–Trinajstić information content (AvgIpc) is 2.88. The lowest BCUT2D eigenvalue weighted by Gasteiger charge is -2.18. The summed E-state index contributed by atoms with van der Waals surface area (Å²) in [5.74, 6) is 3.34. The van der Waals surface area contributed by atoms with Crippen LogP contribution in [-0.4, -0.2) is 11.0 Å². The van der Waals surface area contributed by atoms with Crippen LogP contribution in [0.25, 0.3) is 0 Å². The molecule has 0 N–H and O–H groups in total. The van der Waals surface area contributed by atoms with Crippen molar-refractivity contribution in [3.63, 3.8) is 0 Å². The summed E-state index contributed by atoms with van der Waals surface area (Å²) >= 11 is 0. The highest BCUT2D eigenvalue weighted by atomic mass is 16.7. The van der Waals surface area contributed by atoms with Crippen molar-refractivity contribution >= 4 is 5.91 Å². The normalized spacial score (nSPS) is 14.0. The maximum Gasteiger partial charge on any atom is 0.260 e. The number of rotatable bonds is 14. The number of carbonyl (C=O) groups excluding carboxylic acids is 1. The summed E-state index contributed by atoms with van der Waals surface area (Å²) in [6, 6.07) is 0. The number of allylic oxidation sites excluding steroid dienone is 2. The van der Waals surface area contributed by atoms with Crippen molar-refractivity contribution in [1.82, 2.24) is 5.06 Å². The van der Waals surface area contributed by atoms with Gasteiger partial charge in [-0.15, -0.1) is 17.4 Å². The third kappa shape index (κ3) is 8.82. The third-order valence-electron chi connectivity index (χ3n) is 4.39. The molecule has 24 heavy (non-hydrogen) atoms. The summed E-state index contributed by atoms with van der Waals surface area (Å²) in [7, 11) is 0. The number of hydrogen-bond acceptors (Lipinski definition) is 2. The van der Waals surface area contributed by atoms with E-state index in [2.05, 4.69) is 19.1 Å². The van der Waals surface area contributed by atoms with Gasteiger partial charge in [0, 0.05) is 19.3 Å². The van der Waals surface area contributed by atoms with E-state index in [1.807, 2.05) is 0 Å². The SMILES string of the molecule is C#CCCCCCCCCCCCCC(=C)ON1C(=C)CCC1=O. The fourth-order valence-electron chi connectivity index (χ4n) is 2.88. The predicted molar refractivity (Wildman–Crippen MR) is 99.7 cm³/mol.